The summed E-state index contributed by atoms with van der Waals surface area (Å²) in [5, 5.41) is 31.6. The Morgan fingerprint density at radius 3 is 1.18 bits per heavy atom. The van der Waals surface area contributed by atoms with Gasteiger partial charge in [0.15, 0.2) is 24.6 Å². The van der Waals surface area contributed by atoms with Gasteiger partial charge in [-0.05, 0) is 96.3 Å². The molecule has 3 N–H and O–H groups in total. The van der Waals surface area contributed by atoms with Crippen LogP contribution in [-0.2, 0) is 42.9 Å². The molecular formula is C73H118O12. The van der Waals surface area contributed by atoms with Crippen LogP contribution in [0.2, 0.25) is 0 Å². The number of hydrogen-bond acceptors (Lipinski definition) is 11. The second kappa shape index (κ2) is 59.5. The van der Waals surface area contributed by atoms with E-state index in [-0.39, 0.29) is 25.9 Å². The molecule has 1 aliphatic rings. The third-order valence-corrected chi connectivity index (χ3v) is 14.5. The second-order valence-corrected chi connectivity index (χ2v) is 22.3. The highest BCUT2D eigenvalue weighted by atomic mass is 16.7. The van der Waals surface area contributed by atoms with Crippen molar-refractivity contribution in [1.29, 1.82) is 0 Å². The maximum atomic E-state index is 13.2. The number of allylic oxidation sites excluding steroid dienone is 20. The molecular weight excluding hydrogens is 1070 g/mol. The minimum atomic E-state index is -1.92. The van der Waals surface area contributed by atoms with Gasteiger partial charge in [-0.25, -0.2) is 4.79 Å². The van der Waals surface area contributed by atoms with Crippen LogP contribution in [0.1, 0.15) is 265 Å². The molecule has 12 nitrogen and oxygen atoms in total. The number of carboxylic acid groups (broad SMARTS) is 1. The molecule has 12 heteroatoms. The van der Waals surface area contributed by atoms with Crippen LogP contribution in [0.3, 0.4) is 0 Å². The van der Waals surface area contributed by atoms with Gasteiger partial charge in [0.2, 0.25) is 0 Å². The molecule has 6 unspecified atom stereocenters. The Bertz CT molecular complexity index is 1940. The Morgan fingerprint density at radius 1 is 0.400 bits per heavy atom. The number of carbonyl (C=O) groups excluding carboxylic acids is 3. The summed E-state index contributed by atoms with van der Waals surface area (Å²) in [6, 6.07) is 0. The highest BCUT2D eigenvalue weighted by Gasteiger charge is 2.50. The predicted octanol–water partition coefficient (Wildman–Crippen LogP) is 18.3. The number of ether oxygens (including phenoxy) is 5. The van der Waals surface area contributed by atoms with Crippen LogP contribution in [0.5, 0.6) is 0 Å². The molecule has 1 aliphatic heterocycles. The van der Waals surface area contributed by atoms with Crippen LogP contribution in [-0.4, -0.2) is 89.2 Å². The molecule has 85 heavy (non-hydrogen) atoms. The Balaban J connectivity index is 2.71. The number of aliphatic carboxylic acids is 1. The number of unbranched alkanes of at least 4 members (excludes halogenated alkanes) is 22. The van der Waals surface area contributed by atoms with Crippen molar-refractivity contribution in [3.8, 4) is 0 Å². The highest BCUT2D eigenvalue weighted by Crippen LogP contribution is 2.27. The van der Waals surface area contributed by atoms with E-state index in [1.807, 2.05) is 12.2 Å². The van der Waals surface area contributed by atoms with Crippen molar-refractivity contribution >= 4 is 23.9 Å². The topological polar surface area (TPSA) is 175 Å². The van der Waals surface area contributed by atoms with Gasteiger partial charge in [0.1, 0.15) is 18.8 Å². The smallest absolute Gasteiger partial charge is 0.335 e. The zero-order valence-electron chi connectivity index (χ0n) is 53.3. The second-order valence-electron chi connectivity index (χ2n) is 22.3. The van der Waals surface area contributed by atoms with Gasteiger partial charge < -0.3 is 39.0 Å². The van der Waals surface area contributed by atoms with Crippen molar-refractivity contribution in [2.24, 2.45) is 0 Å². The van der Waals surface area contributed by atoms with Crippen LogP contribution >= 0.6 is 0 Å². The third kappa shape index (κ3) is 48.9. The molecule has 1 saturated heterocycles. The lowest BCUT2D eigenvalue weighted by Gasteiger charge is -2.40. The summed E-state index contributed by atoms with van der Waals surface area (Å²) in [5.41, 5.74) is 0. The molecule has 1 rings (SSSR count). The molecule has 0 saturated carbocycles. The monoisotopic (exact) mass is 1190 g/mol. The number of carboxylic acids is 1. The summed E-state index contributed by atoms with van der Waals surface area (Å²) in [6.45, 7) is 5.72. The fourth-order valence-electron chi connectivity index (χ4n) is 9.50. The van der Waals surface area contributed by atoms with Crippen LogP contribution in [0.15, 0.2) is 122 Å². The fraction of sp³-hybridized carbons (Fsp3) is 0.671. The van der Waals surface area contributed by atoms with E-state index in [9.17, 15) is 34.5 Å². The summed E-state index contributed by atoms with van der Waals surface area (Å²) < 4.78 is 28.5. The van der Waals surface area contributed by atoms with E-state index < -0.39 is 67.3 Å². The average Bonchev–Trinajstić information content (AvgIpc) is 3.46. The lowest BCUT2D eigenvalue weighted by atomic mass is 9.98. The molecule has 1 heterocycles. The summed E-state index contributed by atoms with van der Waals surface area (Å²) in [5.74, 6) is -3.25. The third-order valence-electron chi connectivity index (χ3n) is 14.5. The van der Waals surface area contributed by atoms with E-state index in [2.05, 4.69) is 130 Å². The van der Waals surface area contributed by atoms with Crippen molar-refractivity contribution in [2.45, 2.75) is 302 Å². The quantitative estimate of drug-likeness (QED) is 0.0228. The molecule has 0 bridgehead atoms. The molecule has 0 aliphatic carbocycles. The van der Waals surface area contributed by atoms with Gasteiger partial charge >= 0.3 is 23.9 Å². The molecule has 0 aromatic rings. The summed E-state index contributed by atoms with van der Waals surface area (Å²) in [4.78, 5) is 51.4. The van der Waals surface area contributed by atoms with E-state index in [1.54, 1.807) is 0 Å². The zero-order valence-corrected chi connectivity index (χ0v) is 53.3. The first kappa shape index (κ1) is 78.1. The molecule has 0 aromatic carbocycles. The first-order chi connectivity index (χ1) is 41.6. The van der Waals surface area contributed by atoms with E-state index in [1.165, 1.54) is 77.0 Å². The lowest BCUT2D eigenvalue weighted by Crippen LogP contribution is -2.61. The number of carbonyl (C=O) groups is 4. The molecule has 6 atom stereocenters. The van der Waals surface area contributed by atoms with E-state index in [0.29, 0.717) is 19.3 Å². The van der Waals surface area contributed by atoms with E-state index in [4.69, 9.17) is 23.7 Å². The molecule has 0 aromatic heterocycles. The molecule has 1 fully saturated rings. The van der Waals surface area contributed by atoms with Gasteiger partial charge in [0, 0.05) is 19.3 Å². The van der Waals surface area contributed by atoms with Gasteiger partial charge in [0.05, 0.1) is 6.61 Å². The molecule has 0 radical (unpaired) electrons. The van der Waals surface area contributed by atoms with E-state index in [0.717, 1.165) is 128 Å². The zero-order chi connectivity index (χ0) is 61.7. The van der Waals surface area contributed by atoms with Gasteiger partial charge in [-0.3, -0.25) is 14.4 Å². The SMILES string of the molecule is CC/C=C\C/C=C\C/C=C\C/C=C\C/C=C\C/C=C\CCC(=O)OCC(COC1OC(C(=O)O)C(O)C(O)C1OC(=O)CCCCCCCCCCCCCCCCCCC)OC(=O)CCCCCCCC/C=C\C/C=C\C/C=C\C/C=C\CC. The fourth-order valence-corrected chi connectivity index (χ4v) is 9.50. The number of rotatable bonds is 56. The summed E-state index contributed by atoms with van der Waals surface area (Å²) >= 11 is 0. The van der Waals surface area contributed by atoms with Gasteiger partial charge in [-0.15, -0.1) is 0 Å². The molecule has 482 valence electrons. The first-order valence-electron chi connectivity index (χ1n) is 33.5. The Morgan fingerprint density at radius 2 is 0.765 bits per heavy atom. The average molecular weight is 1190 g/mol. The summed E-state index contributed by atoms with van der Waals surface area (Å²) in [7, 11) is 0. The standard InChI is InChI=1S/C73H118O12/c1-4-7-10-13-16-19-22-25-28-31-33-36-38-41-44-47-50-53-56-59-65(74)81-62-64(83-66(75)60-57-54-51-48-45-42-40-37-34-32-29-26-23-20-17-14-11-8-5-2)63-82-73-71(69(78)68(77)70(85-73)72(79)80)84-67(76)61-58-55-52-49-46-43-39-35-30-27-24-21-18-15-12-9-6-3/h7-8,10-11,16-17,19-20,25-26,28-29,33-34,36-37,41,44,50,53,64,68-71,73,77-78H,4-6,9,12-15,18,21-24,27,30-32,35,38-40,42-43,45-49,51-52,54-63H2,1-3H3,(H,79,80)/b10-7-,11-8-,19-16-,20-17-,28-25-,29-26-,36-33-,37-34-,44-41-,53-50-. The van der Waals surface area contributed by atoms with Gasteiger partial charge in [0.25, 0.3) is 0 Å². The number of aliphatic hydroxyl groups excluding tert-OH is 2. The maximum absolute atomic E-state index is 13.2. The largest absolute Gasteiger partial charge is 0.479 e. The van der Waals surface area contributed by atoms with Crippen LogP contribution in [0.4, 0.5) is 0 Å². The number of aliphatic hydroxyl groups is 2. The maximum Gasteiger partial charge on any atom is 0.335 e. The van der Waals surface area contributed by atoms with Crippen LogP contribution in [0.25, 0.3) is 0 Å². The Hall–Kier alpha value is -4.88. The van der Waals surface area contributed by atoms with Crippen molar-refractivity contribution in [2.75, 3.05) is 13.2 Å². The summed E-state index contributed by atoms with van der Waals surface area (Å²) in [6.07, 6.45) is 70.2. The van der Waals surface area contributed by atoms with Gasteiger partial charge in [-0.1, -0.05) is 271 Å². The number of hydrogen-bond donors (Lipinski definition) is 3. The number of esters is 3. The van der Waals surface area contributed by atoms with E-state index >= 15 is 0 Å². The van der Waals surface area contributed by atoms with Crippen molar-refractivity contribution in [3.63, 3.8) is 0 Å². The molecule has 0 amide bonds. The van der Waals surface area contributed by atoms with Crippen LogP contribution in [0, 0.1) is 0 Å². The van der Waals surface area contributed by atoms with Crippen molar-refractivity contribution in [3.05, 3.63) is 122 Å². The van der Waals surface area contributed by atoms with Gasteiger partial charge in [-0.2, -0.15) is 0 Å². The predicted molar refractivity (Wildman–Crippen MR) is 349 cm³/mol. The lowest BCUT2D eigenvalue weighted by molar-refractivity contribution is -0.301. The normalized spacial score (nSPS) is 18.2. The first-order valence-corrected chi connectivity index (χ1v) is 33.5. The minimum Gasteiger partial charge on any atom is -0.479 e. The van der Waals surface area contributed by atoms with Crippen LogP contribution < -0.4 is 0 Å². The van der Waals surface area contributed by atoms with Crippen molar-refractivity contribution in [1.82, 2.24) is 0 Å². The molecule has 0 spiro atoms. The minimum absolute atomic E-state index is 0.0494. The Labute approximate surface area is 516 Å². The highest BCUT2D eigenvalue weighted by molar-refractivity contribution is 5.74. The Kier molecular flexibility index (Phi) is 54.6. The van der Waals surface area contributed by atoms with Crippen molar-refractivity contribution < 1.29 is 58.2 Å².